The van der Waals surface area contributed by atoms with E-state index in [4.69, 9.17) is 0 Å². The van der Waals surface area contributed by atoms with Crippen molar-refractivity contribution >= 4 is 11.9 Å². The van der Waals surface area contributed by atoms with Gasteiger partial charge in [-0.05, 0) is 19.3 Å². The van der Waals surface area contributed by atoms with E-state index in [1.165, 1.54) is 12.8 Å². The van der Waals surface area contributed by atoms with E-state index in [1.54, 1.807) is 7.05 Å². The molecule has 0 heterocycles. The second kappa shape index (κ2) is 7.09. The van der Waals surface area contributed by atoms with Crippen molar-refractivity contribution in [2.24, 2.45) is 4.99 Å². The molecule has 0 radical (unpaired) electrons. The summed E-state index contributed by atoms with van der Waals surface area (Å²) < 4.78 is 0. The van der Waals surface area contributed by atoms with Crippen LogP contribution in [0.4, 0.5) is 0 Å². The lowest BCUT2D eigenvalue weighted by atomic mass is 10.4. The van der Waals surface area contributed by atoms with Crippen LogP contribution in [0.15, 0.2) is 4.99 Å². The molecule has 0 unspecified atom stereocenters. The number of rotatable bonds is 6. The van der Waals surface area contributed by atoms with E-state index < -0.39 is 0 Å². The van der Waals surface area contributed by atoms with Crippen LogP contribution in [0.1, 0.15) is 32.6 Å². The van der Waals surface area contributed by atoms with Gasteiger partial charge in [0.1, 0.15) is 0 Å². The predicted molar refractivity (Wildman–Crippen MR) is 65.4 cm³/mol. The van der Waals surface area contributed by atoms with Gasteiger partial charge >= 0.3 is 0 Å². The Kier molecular flexibility index (Phi) is 5.67. The Morgan fingerprint density at radius 3 is 2.62 bits per heavy atom. The van der Waals surface area contributed by atoms with E-state index in [0.29, 0.717) is 19.0 Å². The maximum Gasteiger partial charge on any atom is 0.221 e. The SMILES string of the molecule is CCCNC(=O)CCNC(=NC)NC1CC1. The Morgan fingerprint density at radius 1 is 1.31 bits per heavy atom. The van der Waals surface area contributed by atoms with Crippen molar-refractivity contribution in [2.45, 2.75) is 38.6 Å². The zero-order valence-corrected chi connectivity index (χ0v) is 10.2. The number of hydrogen-bond acceptors (Lipinski definition) is 2. The third-order valence-electron chi connectivity index (χ3n) is 2.36. The second-order valence-electron chi connectivity index (χ2n) is 4.02. The molecule has 0 aromatic rings. The third-order valence-corrected chi connectivity index (χ3v) is 2.36. The fourth-order valence-corrected chi connectivity index (χ4v) is 1.26. The molecular formula is C11H22N4O. The van der Waals surface area contributed by atoms with Gasteiger partial charge in [0.15, 0.2) is 5.96 Å². The maximum absolute atomic E-state index is 11.3. The lowest BCUT2D eigenvalue weighted by molar-refractivity contribution is -0.120. The summed E-state index contributed by atoms with van der Waals surface area (Å²) in [5.41, 5.74) is 0. The van der Waals surface area contributed by atoms with Gasteiger partial charge in [0, 0.05) is 32.6 Å². The second-order valence-corrected chi connectivity index (χ2v) is 4.02. The molecule has 0 aromatic heterocycles. The number of nitrogens with one attached hydrogen (secondary N) is 3. The summed E-state index contributed by atoms with van der Waals surface area (Å²) in [6, 6.07) is 0.583. The lowest BCUT2D eigenvalue weighted by Crippen LogP contribution is -2.40. The summed E-state index contributed by atoms with van der Waals surface area (Å²) in [7, 11) is 1.74. The van der Waals surface area contributed by atoms with Crippen LogP contribution >= 0.6 is 0 Å². The van der Waals surface area contributed by atoms with Crippen LogP contribution in [-0.4, -0.2) is 38.0 Å². The number of hydrogen-bond donors (Lipinski definition) is 3. The van der Waals surface area contributed by atoms with Crippen molar-refractivity contribution in [1.29, 1.82) is 0 Å². The minimum absolute atomic E-state index is 0.0937. The number of carbonyl (C=O) groups is 1. The van der Waals surface area contributed by atoms with Gasteiger partial charge in [-0.1, -0.05) is 6.92 Å². The predicted octanol–water partition coefficient (Wildman–Crippen LogP) is 0.230. The van der Waals surface area contributed by atoms with Crippen molar-refractivity contribution in [2.75, 3.05) is 20.1 Å². The molecule has 1 aliphatic rings. The molecule has 0 saturated heterocycles. The summed E-state index contributed by atoms with van der Waals surface area (Å²) in [5.74, 6) is 0.891. The molecule has 1 aliphatic carbocycles. The minimum atomic E-state index is 0.0937. The van der Waals surface area contributed by atoms with E-state index >= 15 is 0 Å². The molecule has 0 aromatic carbocycles. The highest BCUT2D eigenvalue weighted by atomic mass is 16.1. The molecule has 92 valence electrons. The molecule has 5 heteroatoms. The first-order chi connectivity index (χ1) is 7.76. The maximum atomic E-state index is 11.3. The molecule has 1 amide bonds. The van der Waals surface area contributed by atoms with Crippen molar-refractivity contribution in [3.05, 3.63) is 0 Å². The first-order valence-corrected chi connectivity index (χ1v) is 6.00. The number of aliphatic imine (C=N–C) groups is 1. The molecular weight excluding hydrogens is 204 g/mol. The number of nitrogens with zero attached hydrogens (tertiary/aromatic N) is 1. The summed E-state index contributed by atoms with van der Waals surface area (Å²) in [4.78, 5) is 15.4. The average Bonchev–Trinajstić information content (AvgIpc) is 3.08. The molecule has 1 fully saturated rings. The van der Waals surface area contributed by atoms with Crippen LogP contribution < -0.4 is 16.0 Å². The Hall–Kier alpha value is -1.26. The molecule has 1 rings (SSSR count). The van der Waals surface area contributed by atoms with Crippen LogP contribution in [0.3, 0.4) is 0 Å². The van der Waals surface area contributed by atoms with Gasteiger partial charge in [0.25, 0.3) is 0 Å². The highest BCUT2D eigenvalue weighted by Gasteiger charge is 2.21. The molecule has 3 N–H and O–H groups in total. The van der Waals surface area contributed by atoms with E-state index in [0.717, 1.165) is 18.9 Å². The van der Waals surface area contributed by atoms with E-state index in [1.807, 2.05) is 6.92 Å². The topological polar surface area (TPSA) is 65.5 Å². The first kappa shape index (κ1) is 12.8. The van der Waals surface area contributed by atoms with E-state index in [9.17, 15) is 4.79 Å². The number of guanidine groups is 1. The van der Waals surface area contributed by atoms with Gasteiger partial charge in [-0.25, -0.2) is 0 Å². The largest absolute Gasteiger partial charge is 0.356 e. The molecule has 0 aliphatic heterocycles. The molecule has 5 nitrogen and oxygen atoms in total. The summed E-state index contributed by atoms with van der Waals surface area (Å²) >= 11 is 0. The first-order valence-electron chi connectivity index (χ1n) is 6.00. The van der Waals surface area contributed by atoms with Crippen molar-refractivity contribution in [3.63, 3.8) is 0 Å². The monoisotopic (exact) mass is 226 g/mol. The molecule has 16 heavy (non-hydrogen) atoms. The van der Waals surface area contributed by atoms with Gasteiger partial charge in [-0.3, -0.25) is 9.79 Å². The molecule has 0 atom stereocenters. The van der Waals surface area contributed by atoms with Gasteiger partial charge in [-0.15, -0.1) is 0 Å². The van der Waals surface area contributed by atoms with E-state index in [2.05, 4.69) is 20.9 Å². The van der Waals surface area contributed by atoms with Crippen LogP contribution in [0.25, 0.3) is 0 Å². The van der Waals surface area contributed by atoms with Crippen LogP contribution in [0.5, 0.6) is 0 Å². The fraction of sp³-hybridized carbons (Fsp3) is 0.818. The summed E-state index contributed by atoms with van der Waals surface area (Å²) in [6.07, 6.45) is 3.91. The Morgan fingerprint density at radius 2 is 2.06 bits per heavy atom. The average molecular weight is 226 g/mol. The highest BCUT2D eigenvalue weighted by molar-refractivity contribution is 5.81. The Bertz CT molecular complexity index is 248. The number of amides is 1. The smallest absolute Gasteiger partial charge is 0.221 e. The standard InChI is InChI=1S/C11H22N4O/c1-3-7-13-10(16)6-8-14-11(12-2)15-9-4-5-9/h9H,3-8H2,1-2H3,(H,13,16)(H2,12,14,15). The lowest BCUT2D eigenvalue weighted by Gasteiger charge is -2.10. The molecule has 0 bridgehead atoms. The Balaban J connectivity index is 2.05. The zero-order valence-electron chi connectivity index (χ0n) is 10.2. The summed E-state index contributed by atoms with van der Waals surface area (Å²) in [5, 5.41) is 9.23. The van der Waals surface area contributed by atoms with Gasteiger partial charge in [-0.2, -0.15) is 0 Å². The van der Waals surface area contributed by atoms with Crippen molar-refractivity contribution < 1.29 is 4.79 Å². The van der Waals surface area contributed by atoms with Crippen LogP contribution in [0.2, 0.25) is 0 Å². The van der Waals surface area contributed by atoms with Crippen LogP contribution in [0, 0.1) is 0 Å². The Labute approximate surface area is 97.1 Å². The normalized spacial score (nSPS) is 15.8. The van der Waals surface area contributed by atoms with Gasteiger partial charge in [0.05, 0.1) is 0 Å². The number of carbonyl (C=O) groups excluding carboxylic acids is 1. The molecule has 0 spiro atoms. The fourth-order valence-electron chi connectivity index (χ4n) is 1.26. The van der Waals surface area contributed by atoms with Crippen LogP contribution in [-0.2, 0) is 4.79 Å². The van der Waals surface area contributed by atoms with Gasteiger partial charge < -0.3 is 16.0 Å². The van der Waals surface area contributed by atoms with Gasteiger partial charge in [0.2, 0.25) is 5.91 Å². The highest BCUT2D eigenvalue weighted by Crippen LogP contribution is 2.18. The molecule has 1 saturated carbocycles. The van der Waals surface area contributed by atoms with Crippen molar-refractivity contribution in [1.82, 2.24) is 16.0 Å². The minimum Gasteiger partial charge on any atom is -0.356 e. The van der Waals surface area contributed by atoms with Crippen molar-refractivity contribution in [3.8, 4) is 0 Å². The quantitative estimate of drug-likeness (QED) is 0.449. The van der Waals surface area contributed by atoms with E-state index in [-0.39, 0.29) is 5.91 Å². The zero-order chi connectivity index (χ0) is 11.8. The summed E-state index contributed by atoms with van der Waals surface area (Å²) in [6.45, 7) is 3.43. The third kappa shape index (κ3) is 5.58.